The fourth-order valence-corrected chi connectivity index (χ4v) is 6.52. The first-order valence-electron chi connectivity index (χ1n) is 15.5. The van der Waals surface area contributed by atoms with Crippen LogP contribution in [0.15, 0.2) is 102 Å². The second kappa shape index (κ2) is 11.4. The molecule has 0 saturated heterocycles. The van der Waals surface area contributed by atoms with E-state index < -0.39 is 8.80 Å². The molecule has 0 fully saturated rings. The van der Waals surface area contributed by atoms with Crippen LogP contribution in [0.2, 0.25) is 13.1 Å². The number of rotatable bonds is 5. The van der Waals surface area contributed by atoms with Crippen LogP contribution < -0.4 is 10.6 Å². The molecule has 45 heavy (non-hydrogen) atoms. The van der Waals surface area contributed by atoms with Crippen LogP contribution in [-0.4, -0.2) is 28.3 Å². The molecule has 0 saturated carbocycles. The minimum Gasteiger partial charge on any atom is -0.366 e. The zero-order chi connectivity index (χ0) is 32.1. The number of pyridine rings is 2. The Morgan fingerprint density at radius 2 is 1.49 bits per heavy atom. The fourth-order valence-electron chi connectivity index (χ4n) is 5.78. The molecular formula is C39H41N4OSi. The lowest BCUT2D eigenvalue weighted by molar-refractivity contribution is 0.583. The van der Waals surface area contributed by atoms with Gasteiger partial charge in [0.25, 0.3) is 0 Å². The number of nitrogens with zero attached hydrogens (tertiary/aromatic N) is 3. The Balaban J connectivity index is 1.63. The van der Waals surface area contributed by atoms with Crippen LogP contribution in [0.25, 0.3) is 50.5 Å². The van der Waals surface area contributed by atoms with Gasteiger partial charge in [0.1, 0.15) is 0 Å². The van der Waals surface area contributed by atoms with Crippen molar-refractivity contribution in [3.8, 4) is 39.5 Å². The van der Waals surface area contributed by atoms with E-state index in [4.69, 9.17) is 9.97 Å². The van der Waals surface area contributed by atoms with E-state index in [2.05, 4.69) is 125 Å². The molecular weight excluding hydrogens is 569 g/mol. The summed E-state index contributed by atoms with van der Waals surface area (Å²) in [4.78, 5) is 27.4. The van der Waals surface area contributed by atoms with Gasteiger partial charge in [0.15, 0.2) is 11.3 Å². The number of benzene rings is 3. The van der Waals surface area contributed by atoms with Gasteiger partial charge >= 0.3 is 0 Å². The average molecular weight is 610 g/mol. The summed E-state index contributed by atoms with van der Waals surface area (Å²) in [7, 11) is -0.575. The number of aromatic nitrogens is 4. The Kier molecular flexibility index (Phi) is 7.73. The number of nitrogens with one attached hydrogen (secondary N) is 1. The highest BCUT2D eigenvalue weighted by atomic mass is 28.3. The number of para-hydroxylation sites is 2. The third-order valence-electron chi connectivity index (χ3n) is 8.44. The van der Waals surface area contributed by atoms with Gasteiger partial charge in [-0.25, -0.2) is 4.98 Å². The van der Waals surface area contributed by atoms with Gasteiger partial charge in [-0.1, -0.05) is 97.1 Å². The zero-order valence-corrected chi connectivity index (χ0v) is 28.5. The zero-order valence-electron chi connectivity index (χ0n) is 27.5. The molecule has 3 heterocycles. The van der Waals surface area contributed by atoms with Crippen LogP contribution in [-0.2, 0) is 10.8 Å². The van der Waals surface area contributed by atoms with Crippen LogP contribution in [0, 0.1) is 0 Å². The molecule has 0 aliphatic carbocycles. The van der Waals surface area contributed by atoms with Gasteiger partial charge in [-0.05, 0) is 63.5 Å². The van der Waals surface area contributed by atoms with Gasteiger partial charge in [-0.3, -0.25) is 14.3 Å². The van der Waals surface area contributed by atoms with Gasteiger partial charge < -0.3 is 4.98 Å². The molecule has 1 N–H and O–H groups in total. The molecule has 0 atom stereocenters. The summed E-state index contributed by atoms with van der Waals surface area (Å²) in [5.41, 5.74) is 8.99. The highest BCUT2D eigenvalue weighted by Crippen LogP contribution is 2.38. The van der Waals surface area contributed by atoms with Crippen molar-refractivity contribution in [1.82, 2.24) is 19.5 Å². The minimum absolute atomic E-state index is 0.00883. The molecule has 1 radical (unpaired) electrons. The summed E-state index contributed by atoms with van der Waals surface area (Å²) in [6.07, 6.45) is 5.63. The highest BCUT2D eigenvalue weighted by Gasteiger charge is 2.25. The van der Waals surface area contributed by atoms with E-state index in [0.717, 1.165) is 44.7 Å². The van der Waals surface area contributed by atoms with Gasteiger partial charge in [0, 0.05) is 41.0 Å². The Hall–Kier alpha value is -4.55. The Morgan fingerprint density at radius 1 is 0.756 bits per heavy atom. The molecule has 6 aromatic rings. The van der Waals surface area contributed by atoms with Gasteiger partial charge in [-0.15, -0.1) is 0 Å². The molecule has 0 bridgehead atoms. The van der Waals surface area contributed by atoms with E-state index in [1.54, 1.807) is 6.20 Å². The van der Waals surface area contributed by atoms with E-state index in [1.807, 2.05) is 30.6 Å². The smallest absolute Gasteiger partial charge is 0.196 e. The SMILES string of the molecule is C[Si](C)c1ccc(-c2cc(-c3cccc4c3nc(-c3c[nH]cc(C(C)(C)C)c3=O)n4-c3ccccc3)cc(C(C)(C)C)c2)nc1. The Morgan fingerprint density at radius 3 is 2.13 bits per heavy atom. The maximum Gasteiger partial charge on any atom is 0.196 e. The van der Waals surface area contributed by atoms with E-state index >= 15 is 0 Å². The topological polar surface area (TPSA) is 63.6 Å². The second-order valence-corrected chi connectivity index (χ2v) is 16.7. The number of H-pyrrole nitrogens is 1. The normalized spacial score (nSPS) is 12.3. The summed E-state index contributed by atoms with van der Waals surface area (Å²) in [6, 6.07) is 27.6. The Labute approximate surface area is 267 Å². The van der Waals surface area contributed by atoms with Crippen LogP contribution in [0.4, 0.5) is 0 Å². The summed E-state index contributed by atoms with van der Waals surface area (Å²) in [6.45, 7) is 17.5. The third kappa shape index (κ3) is 5.83. The van der Waals surface area contributed by atoms with Crippen molar-refractivity contribution in [1.29, 1.82) is 0 Å². The van der Waals surface area contributed by atoms with E-state index in [9.17, 15) is 4.79 Å². The number of aromatic amines is 1. The van der Waals surface area contributed by atoms with Gasteiger partial charge in [-0.2, -0.15) is 0 Å². The maximum atomic E-state index is 14.0. The molecule has 6 heteroatoms. The van der Waals surface area contributed by atoms with Crippen molar-refractivity contribution in [3.05, 3.63) is 119 Å². The summed E-state index contributed by atoms with van der Waals surface area (Å²) >= 11 is 0. The minimum atomic E-state index is -0.575. The molecule has 0 aliphatic rings. The van der Waals surface area contributed by atoms with E-state index in [-0.39, 0.29) is 16.3 Å². The first-order chi connectivity index (χ1) is 21.3. The van der Waals surface area contributed by atoms with Crippen LogP contribution >= 0.6 is 0 Å². The number of fused-ring (bicyclic) bond motifs is 1. The summed E-state index contributed by atoms with van der Waals surface area (Å²) < 4.78 is 2.11. The summed E-state index contributed by atoms with van der Waals surface area (Å²) in [5, 5.41) is 1.32. The molecule has 0 amide bonds. The predicted octanol–water partition coefficient (Wildman–Crippen LogP) is 8.67. The number of imidazole rings is 1. The number of hydrogen-bond acceptors (Lipinski definition) is 3. The van der Waals surface area contributed by atoms with Crippen molar-refractivity contribution in [2.45, 2.75) is 65.5 Å². The molecule has 6 rings (SSSR count). The average Bonchev–Trinajstić information content (AvgIpc) is 3.40. The molecule has 0 spiro atoms. The monoisotopic (exact) mass is 609 g/mol. The van der Waals surface area contributed by atoms with Crippen molar-refractivity contribution in [3.63, 3.8) is 0 Å². The standard InChI is InChI=1S/C39H41N4OSi/c1-38(2,3)27-20-25(19-26(21-27)33-18-17-29(22-41-33)45(7)8)30-15-12-16-34-35(30)42-37(43(34)28-13-10-9-11-14-28)31-23-40-24-32(36(31)44)39(4,5)6/h9-24H,1-8H3,(H,40,44). The Bertz CT molecular complexity index is 2060. The lowest BCUT2D eigenvalue weighted by atomic mass is 9.83. The predicted molar refractivity (Wildman–Crippen MR) is 190 cm³/mol. The largest absolute Gasteiger partial charge is 0.366 e. The van der Waals surface area contributed by atoms with Gasteiger partial charge in [0.2, 0.25) is 0 Å². The van der Waals surface area contributed by atoms with E-state index in [0.29, 0.717) is 11.4 Å². The first-order valence-corrected chi connectivity index (χ1v) is 18.0. The van der Waals surface area contributed by atoms with Crippen LogP contribution in [0.5, 0.6) is 0 Å². The molecule has 3 aromatic carbocycles. The summed E-state index contributed by atoms with van der Waals surface area (Å²) in [5.74, 6) is 0.622. The lowest BCUT2D eigenvalue weighted by Gasteiger charge is -2.21. The van der Waals surface area contributed by atoms with E-state index in [1.165, 1.54) is 10.8 Å². The third-order valence-corrected chi connectivity index (χ3v) is 9.89. The molecule has 5 nitrogen and oxygen atoms in total. The van der Waals surface area contributed by atoms with Crippen molar-refractivity contribution in [2.24, 2.45) is 0 Å². The highest BCUT2D eigenvalue weighted by molar-refractivity contribution is 6.70. The van der Waals surface area contributed by atoms with Crippen LogP contribution in [0.3, 0.4) is 0 Å². The quantitative estimate of drug-likeness (QED) is 0.199. The molecule has 227 valence electrons. The number of hydrogen-bond donors (Lipinski definition) is 1. The first kappa shape index (κ1) is 30.5. The molecule has 3 aromatic heterocycles. The van der Waals surface area contributed by atoms with Crippen molar-refractivity contribution < 1.29 is 0 Å². The van der Waals surface area contributed by atoms with Crippen molar-refractivity contribution in [2.75, 3.05) is 0 Å². The van der Waals surface area contributed by atoms with Crippen molar-refractivity contribution >= 4 is 25.0 Å². The van der Waals surface area contributed by atoms with Gasteiger partial charge in [0.05, 0.1) is 31.1 Å². The van der Waals surface area contributed by atoms with Crippen LogP contribution in [0.1, 0.15) is 52.7 Å². The molecule has 0 unspecified atom stereocenters. The molecule has 0 aliphatic heterocycles. The fraction of sp³-hybridized carbons (Fsp3) is 0.256. The second-order valence-electron chi connectivity index (χ2n) is 14.1. The lowest BCUT2D eigenvalue weighted by Crippen LogP contribution is -2.24. The maximum absolute atomic E-state index is 14.0.